The second kappa shape index (κ2) is 9.80. The Morgan fingerprint density at radius 3 is 2.71 bits per heavy atom. The van der Waals surface area contributed by atoms with Crippen LogP contribution in [-0.2, 0) is 16.4 Å². The zero-order valence-corrected chi connectivity index (χ0v) is 18.5. The van der Waals surface area contributed by atoms with Gasteiger partial charge in [-0.2, -0.15) is 4.98 Å². The first-order chi connectivity index (χ1) is 14.8. The van der Waals surface area contributed by atoms with Gasteiger partial charge in [0.2, 0.25) is 5.89 Å². The van der Waals surface area contributed by atoms with Gasteiger partial charge in [0, 0.05) is 18.5 Å². The van der Waals surface area contributed by atoms with Crippen LogP contribution < -0.4 is 14.8 Å². The predicted molar refractivity (Wildman–Crippen MR) is 115 cm³/mol. The van der Waals surface area contributed by atoms with Crippen molar-refractivity contribution in [3.8, 4) is 5.75 Å². The lowest BCUT2D eigenvalue weighted by Gasteiger charge is -2.13. The Morgan fingerprint density at radius 1 is 1.23 bits per heavy atom. The van der Waals surface area contributed by atoms with Crippen LogP contribution in [0.3, 0.4) is 0 Å². The van der Waals surface area contributed by atoms with Gasteiger partial charge in [-0.15, -0.1) is 0 Å². The topological polar surface area (TPSA) is 123 Å². The van der Waals surface area contributed by atoms with Gasteiger partial charge in [0.15, 0.2) is 5.82 Å². The Hall–Kier alpha value is -3.11. The van der Waals surface area contributed by atoms with Crippen molar-refractivity contribution in [2.45, 2.75) is 24.7 Å². The predicted octanol–water partition coefficient (Wildman–Crippen LogP) is 3.20. The fraction of sp³-hybridized carbons (Fsp3) is 0.250. The van der Waals surface area contributed by atoms with Gasteiger partial charge < -0.3 is 14.6 Å². The number of carbonyl (C=O) groups excluding carboxylic acids is 1. The summed E-state index contributed by atoms with van der Waals surface area (Å²) in [6, 6.07) is 10.6. The van der Waals surface area contributed by atoms with E-state index < -0.39 is 15.9 Å². The van der Waals surface area contributed by atoms with Gasteiger partial charge in [0.1, 0.15) is 10.6 Å². The molecule has 31 heavy (non-hydrogen) atoms. The van der Waals surface area contributed by atoms with Gasteiger partial charge in [0.25, 0.3) is 15.9 Å². The molecule has 0 aliphatic heterocycles. The molecule has 3 aromatic rings. The molecule has 0 fully saturated rings. The van der Waals surface area contributed by atoms with Gasteiger partial charge in [0.05, 0.1) is 17.8 Å². The first-order valence-electron chi connectivity index (χ1n) is 9.33. The van der Waals surface area contributed by atoms with E-state index in [0.717, 1.165) is 0 Å². The Bertz CT molecular complexity index is 1180. The summed E-state index contributed by atoms with van der Waals surface area (Å²) < 4.78 is 38.4. The Kier molecular flexibility index (Phi) is 7.13. The zero-order valence-electron chi connectivity index (χ0n) is 16.9. The molecule has 0 spiro atoms. The van der Waals surface area contributed by atoms with E-state index in [2.05, 4.69) is 20.2 Å². The summed E-state index contributed by atoms with van der Waals surface area (Å²) in [6.45, 7) is 2.08. The molecule has 0 bridgehead atoms. The van der Waals surface area contributed by atoms with Crippen LogP contribution in [0, 0.1) is 6.92 Å². The molecule has 1 heterocycles. The second-order valence-electron chi connectivity index (χ2n) is 6.55. The van der Waals surface area contributed by atoms with Crippen molar-refractivity contribution < 1.29 is 22.5 Å². The molecule has 1 aromatic heterocycles. The first kappa shape index (κ1) is 22.6. The number of sulfonamides is 1. The molecule has 0 saturated heterocycles. The Balaban J connectivity index is 1.69. The lowest BCUT2D eigenvalue weighted by molar-refractivity contribution is 0.0952. The third kappa shape index (κ3) is 5.74. The quantitative estimate of drug-likeness (QED) is 0.466. The maximum atomic E-state index is 12.9. The minimum Gasteiger partial charge on any atom is -0.495 e. The van der Waals surface area contributed by atoms with Crippen LogP contribution >= 0.6 is 11.6 Å². The molecule has 0 saturated carbocycles. The SMILES string of the molecule is COc1ccccc1NS(=O)(=O)c1cc(C(=O)NCCCc2nc(C)no2)ccc1Cl. The number of nitrogens with zero attached hydrogens (tertiary/aromatic N) is 2. The van der Waals surface area contributed by atoms with Gasteiger partial charge in [-0.25, -0.2) is 8.42 Å². The number of anilines is 1. The molecule has 3 rings (SSSR count). The number of rotatable bonds is 9. The van der Waals surface area contributed by atoms with Crippen LogP contribution in [0.4, 0.5) is 5.69 Å². The van der Waals surface area contributed by atoms with E-state index in [1.807, 2.05) is 0 Å². The van der Waals surface area contributed by atoms with Crippen LogP contribution in [0.2, 0.25) is 5.02 Å². The highest BCUT2D eigenvalue weighted by Gasteiger charge is 2.21. The molecule has 164 valence electrons. The van der Waals surface area contributed by atoms with Crippen molar-refractivity contribution in [1.29, 1.82) is 0 Å². The molecule has 0 aliphatic carbocycles. The van der Waals surface area contributed by atoms with Crippen molar-refractivity contribution in [3.63, 3.8) is 0 Å². The highest BCUT2D eigenvalue weighted by Crippen LogP contribution is 2.29. The van der Waals surface area contributed by atoms with E-state index in [9.17, 15) is 13.2 Å². The summed E-state index contributed by atoms with van der Waals surface area (Å²) >= 11 is 6.12. The lowest BCUT2D eigenvalue weighted by atomic mass is 10.2. The molecule has 1 amide bonds. The zero-order chi connectivity index (χ0) is 22.4. The number of amides is 1. The molecular weight excluding hydrogens is 444 g/mol. The summed E-state index contributed by atoms with van der Waals surface area (Å²) in [6.07, 6.45) is 1.10. The van der Waals surface area contributed by atoms with E-state index >= 15 is 0 Å². The number of benzene rings is 2. The highest BCUT2D eigenvalue weighted by atomic mass is 35.5. The van der Waals surface area contributed by atoms with Crippen LogP contribution in [0.25, 0.3) is 0 Å². The third-order valence-corrected chi connectivity index (χ3v) is 6.10. The largest absolute Gasteiger partial charge is 0.495 e. The normalized spacial score (nSPS) is 11.2. The molecule has 9 nitrogen and oxygen atoms in total. The van der Waals surface area contributed by atoms with Crippen molar-refractivity contribution in [3.05, 3.63) is 64.8 Å². The lowest BCUT2D eigenvalue weighted by Crippen LogP contribution is -2.25. The number of hydrogen-bond donors (Lipinski definition) is 2. The Labute approximate surface area is 184 Å². The van der Waals surface area contributed by atoms with Crippen LogP contribution in [0.15, 0.2) is 51.9 Å². The minimum atomic E-state index is -4.06. The Morgan fingerprint density at radius 2 is 2.00 bits per heavy atom. The molecule has 2 N–H and O–H groups in total. The third-order valence-electron chi connectivity index (χ3n) is 4.26. The molecule has 11 heteroatoms. The van der Waals surface area contributed by atoms with Crippen LogP contribution in [0.5, 0.6) is 5.75 Å². The fourth-order valence-corrected chi connectivity index (χ4v) is 4.36. The summed E-state index contributed by atoms with van der Waals surface area (Å²) in [5.74, 6) is 0.976. The summed E-state index contributed by atoms with van der Waals surface area (Å²) in [5.41, 5.74) is 0.422. The average Bonchev–Trinajstić information content (AvgIpc) is 3.16. The number of para-hydroxylation sites is 2. The number of methoxy groups -OCH3 is 1. The van der Waals surface area contributed by atoms with Gasteiger partial charge in [-0.1, -0.05) is 28.9 Å². The average molecular weight is 465 g/mol. The molecule has 0 atom stereocenters. The van der Waals surface area contributed by atoms with Crippen molar-refractivity contribution in [1.82, 2.24) is 15.5 Å². The number of nitrogens with one attached hydrogen (secondary N) is 2. The maximum absolute atomic E-state index is 12.9. The maximum Gasteiger partial charge on any atom is 0.263 e. The van der Waals surface area contributed by atoms with E-state index in [1.165, 1.54) is 25.3 Å². The number of carbonyl (C=O) groups is 1. The number of ether oxygens (including phenoxy) is 1. The van der Waals surface area contributed by atoms with Gasteiger partial charge in [-0.3, -0.25) is 9.52 Å². The van der Waals surface area contributed by atoms with E-state index in [1.54, 1.807) is 31.2 Å². The second-order valence-corrected chi connectivity index (χ2v) is 8.60. The summed E-state index contributed by atoms with van der Waals surface area (Å²) in [7, 11) is -2.63. The molecule has 0 radical (unpaired) electrons. The van der Waals surface area contributed by atoms with Crippen LogP contribution in [0.1, 0.15) is 28.5 Å². The van der Waals surface area contributed by atoms with Crippen molar-refractivity contribution in [2.75, 3.05) is 18.4 Å². The standard InChI is InChI=1S/C20H21ClN4O5S/c1-13-23-19(30-24-13)8-5-11-22-20(26)14-9-10-15(21)18(12-14)31(27,28)25-16-6-3-4-7-17(16)29-2/h3-4,6-7,9-10,12,25H,5,8,11H2,1-2H3,(H,22,26). The summed E-state index contributed by atoms with van der Waals surface area (Å²) in [5, 5.41) is 6.43. The van der Waals surface area contributed by atoms with Gasteiger partial charge in [-0.05, 0) is 43.7 Å². The molecule has 2 aromatic carbocycles. The smallest absolute Gasteiger partial charge is 0.263 e. The number of aromatic nitrogens is 2. The molecule has 0 aliphatic rings. The van der Waals surface area contributed by atoms with Crippen molar-refractivity contribution in [2.24, 2.45) is 0 Å². The number of hydrogen-bond acceptors (Lipinski definition) is 7. The summed E-state index contributed by atoms with van der Waals surface area (Å²) in [4.78, 5) is 16.3. The van der Waals surface area contributed by atoms with Crippen LogP contribution in [-0.4, -0.2) is 38.1 Å². The molecular formula is C20H21ClN4O5S. The van der Waals surface area contributed by atoms with Crippen molar-refractivity contribution >= 4 is 33.2 Å². The monoisotopic (exact) mass is 464 g/mol. The minimum absolute atomic E-state index is 0.00860. The first-order valence-corrected chi connectivity index (χ1v) is 11.2. The van der Waals surface area contributed by atoms with E-state index in [4.69, 9.17) is 20.9 Å². The highest BCUT2D eigenvalue weighted by molar-refractivity contribution is 7.92. The number of aryl methyl sites for hydroxylation is 2. The fourth-order valence-electron chi connectivity index (χ4n) is 2.76. The van der Waals surface area contributed by atoms with Gasteiger partial charge >= 0.3 is 0 Å². The molecule has 0 unspecified atom stereocenters. The van der Waals surface area contributed by atoms with E-state index in [-0.39, 0.29) is 21.2 Å². The number of halogens is 1. The van der Waals surface area contributed by atoms with E-state index in [0.29, 0.717) is 36.9 Å².